The maximum Gasteiger partial charge on any atom is 0.155 e. The number of aromatic nitrogens is 2. The molecule has 0 saturated heterocycles. The summed E-state index contributed by atoms with van der Waals surface area (Å²) in [5, 5.41) is 5.12. The van der Waals surface area contributed by atoms with Crippen molar-refractivity contribution >= 4 is 17.9 Å². The third-order valence-corrected chi connectivity index (χ3v) is 4.71. The summed E-state index contributed by atoms with van der Waals surface area (Å²) in [6.45, 7) is 4.07. The van der Waals surface area contributed by atoms with E-state index in [1.54, 1.807) is 4.68 Å². The predicted octanol–water partition coefficient (Wildman–Crippen LogP) is 4.61. The number of aldehydes is 1. The van der Waals surface area contributed by atoms with Crippen LogP contribution in [-0.2, 0) is 0 Å². The Balaban J connectivity index is 2.15. The maximum atomic E-state index is 11.5. The molecule has 0 radical (unpaired) electrons. The van der Waals surface area contributed by atoms with E-state index in [-0.39, 0.29) is 0 Å². The zero-order chi connectivity index (χ0) is 15.0. The van der Waals surface area contributed by atoms with Gasteiger partial charge in [0.15, 0.2) is 6.29 Å². The minimum absolute atomic E-state index is 0.370. The van der Waals surface area contributed by atoms with E-state index in [1.807, 2.05) is 13.8 Å². The zero-order valence-corrected chi connectivity index (χ0v) is 13.2. The van der Waals surface area contributed by atoms with E-state index in [0.717, 1.165) is 41.6 Å². The number of hydrogen-bond donors (Lipinski definition) is 0. The second-order valence-electron chi connectivity index (χ2n) is 5.89. The molecule has 3 rings (SSSR count). The summed E-state index contributed by atoms with van der Waals surface area (Å²) in [7, 11) is 0. The molecule has 3 nitrogen and oxygen atoms in total. The lowest BCUT2D eigenvalue weighted by atomic mass is 10.0. The van der Waals surface area contributed by atoms with Crippen molar-refractivity contribution < 1.29 is 4.79 Å². The van der Waals surface area contributed by atoms with Crippen LogP contribution in [0.1, 0.15) is 58.8 Å². The third kappa shape index (κ3) is 2.51. The van der Waals surface area contributed by atoms with Crippen LogP contribution in [0.3, 0.4) is 0 Å². The van der Waals surface area contributed by atoms with Gasteiger partial charge in [0.05, 0.1) is 16.9 Å². The van der Waals surface area contributed by atoms with Gasteiger partial charge in [0, 0.05) is 5.92 Å². The number of carbonyl (C=O) groups is 1. The van der Waals surface area contributed by atoms with E-state index >= 15 is 0 Å². The summed E-state index contributed by atoms with van der Waals surface area (Å²) in [5.41, 5.74) is 4.63. The van der Waals surface area contributed by atoms with E-state index in [2.05, 4.69) is 23.3 Å². The largest absolute Gasteiger partial charge is 0.298 e. The summed E-state index contributed by atoms with van der Waals surface area (Å²) >= 11 is 6.44. The van der Waals surface area contributed by atoms with E-state index in [1.165, 1.54) is 12.8 Å². The minimum atomic E-state index is 0.370. The summed E-state index contributed by atoms with van der Waals surface area (Å²) in [6.07, 6.45) is 5.46. The third-order valence-electron chi connectivity index (χ3n) is 4.34. The van der Waals surface area contributed by atoms with Gasteiger partial charge in [-0.05, 0) is 43.9 Å². The Morgan fingerprint density at radius 3 is 2.67 bits per heavy atom. The van der Waals surface area contributed by atoms with Crippen molar-refractivity contribution in [2.24, 2.45) is 0 Å². The van der Waals surface area contributed by atoms with Crippen LogP contribution in [-0.4, -0.2) is 16.1 Å². The molecule has 0 unspecified atom stereocenters. The second-order valence-corrected chi connectivity index (χ2v) is 6.25. The number of carbonyl (C=O) groups excluding carboxylic acids is 1. The number of aryl methyl sites for hydroxylation is 2. The van der Waals surface area contributed by atoms with Gasteiger partial charge >= 0.3 is 0 Å². The first-order valence-corrected chi connectivity index (χ1v) is 7.81. The highest BCUT2D eigenvalue weighted by atomic mass is 35.5. The Kier molecular flexibility index (Phi) is 3.85. The first-order chi connectivity index (χ1) is 10.1. The van der Waals surface area contributed by atoms with E-state index < -0.39 is 0 Å². The molecule has 1 saturated carbocycles. The van der Waals surface area contributed by atoms with Crippen LogP contribution in [0, 0.1) is 13.8 Å². The molecule has 1 fully saturated rings. The van der Waals surface area contributed by atoms with Crippen molar-refractivity contribution in [2.75, 3.05) is 0 Å². The lowest BCUT2D eigenvalue weighted by Crippen LogP contribution is -2.02. The number of halogens is 1. The van der Waals surface area contributed by atoms with Crippen LogP contribution in [0.25, 0.3) is 5.69 Å². The smallest absolute Gasteiger partial charge is 0.155 e. The summed E-state index contributed by atoms with van der Waals surface area (Å²) < 4.78 is 1.72. The van der Waals surface area contributed by atoms with Gasteiger partial charge in [0.2, 0.25) is 0 Å². The van der Waals surface area contributed by atoms with Crippen LogP contribution in [0.15, 0.2) is 18.2 Å². The zero-order valence-electron chi connectivity index (χ0n) is 12.4. The van der Waals surface area contributed by atoms with Crippen LogP contribution >= 0.6 is 11.6 Å². The van der Waals surface area contributed by atoms with Crippen LogP contribution in [0.2, 0.25) is 5.15 Å². The fourth-order valence-electron chi connectivity index (χ4n) is 3.14. The molecule has 1 heterocycles. The topological polar surface area (TPSA) is 34.9 Å². The van der Waals surface area contributed by atoms with Gasteiger partial charge in [0.1, 0.15) is 5.15 Å². The van der Waals surface area contributed by atoms with Crippen LogP contribution in [0.5, 0.6) is 0 Å². The Bertz CT molecular complexity index is 684. The molecule has 0 bridgehead atoms. The van der Waals surface area contributed by atoms with E-state index in [0.29, 0.717) is 16.6 Å². The van der Waals surface area contributed by atoms with Crippen molar-refractivity contribution in [1.82, 2.24) is 9.78 Å². The Labute approximate surface area is 129 Å². The quantitative estimate of drug-likeness (QED) is 0.776. The normalized spacial score (nSPS) is 15.6. The Morgan fingerprint density at radius 2 is 2.00 bits per heavy atom. The average molecular weight is 303 g/mol. The Morgan fingerprint density at radius 1 is 1.29 bits per heavy atom. The van der Waals surface area contributed by atoms with Crippen LogP contribution < -0.4 is 0 Å². The van der Waals surface area contributed by atoms with Gasteiger partial charge in [0.25, 0.3) is 0 Å². The van der Waals surface area contributed by atoms with Crippen molar-refractivity contribution in [3.05, 3.63) is 45.7 Å². The van der Waals surface area contributed by atoms with Gasteiger partial charge in [-0.1, -0.05) is 36.6 Å². The summed E-state index contributed by atoms with van der Waals surface area (Å²) in [5.74, 6) is 0.370. The Hall–Kier alpha value is -1.61. The summed E-state index contributed by atoms with van der Waals surface area (Å²) in [6, 6.07) is 6.18. The maximum absolute atomic E-state index is 11.5. The number of nitrogens with zero attached hydrogens (tertiary/aromatic N) is 2. The highest BCUT2D eigenvalue weighted by Gasteiger charge is 2.26. The first kappa shape index (κ1) is 14.3. The van der Waals surface area contributed by atoms with Gasteiger partial charge in [-0.2, -0.15) is 5.10 Å². The molecule has 21 heavy (non-hydrogen) atoms. The van der Waals surface area contributed by atoms with E-state index in [4.69, 9.17) is 11.6 Å². The van der Waals surface area contributed by atoms with Gasteiger partial charge < -0.3 is 0 Å². The number of hydrogen-bond acceptors (Lipinski definition) is 2. The monoisotopic (exact) mass is 302 g/mol. The lowest BCUT2D eigenvalue weighted by molar-refractivity contribution is 0.112. The molecular formula is C17H19ClN2O. The molecule has 1 aliphatic rings. The van der Waals surface area contributed by atoms with Crippen molar-refractivity contribution in [1.29, 1.82) is 0 Å². The molecule has 0 aliphatic heterocycles. The number of rotatable bonds is 3. The molecule has 0 amide bonds. The fourth-order valence-corrected chi connectivity index (χ4v) is 3.41. The highest BCUT2D eigenvalue weighted by molar-refractivity contribution is 6.32. The molecule has 2 aromatic rings. The summed E-state index contributed by atoms with van der Waals surface area (Å²) in [4.78, 5) is 11.5. The average Bonchev–Trinajstić information content (AvgIpc) is 3.09. The first-order valence-electron chi connectivity index (χ1n) is 7.43. The predicted molar refractivity (Wildman–Crippen MR) is 84.6 cm³/mol. The molecule has 1 aromatic carbocycles. The molecular weight excluding hydrogens is 284 g/mol. The standard InChI is InChI=1S/C17H19ClN2O/c1-11-7-8-12(2)15(9-11)20-17(18)14(10-21)16(19-20)13-5-3-4-6-13/h7-10,13H,3-6H2,1-2H3. The SMILES string of the molecule is Cc1ccc(C)c(-n2nc(C3CCCC3)c(C=O)c2Cl)c1. The fraction of sp³-hybridized carbons (Fsp3) is 0.412. The molecule has 1 aromatic heterocycles. The molecule has 110 valence electrons. The van der Waals surface area contributed by atoms with Gasteiger partial charge in [-0.3, -0.25) is 4.79 Å². The molecule has 0 atom stereocenters. The number of benzene rings is 1. The van der Waals surface area contributed by atoms with Crippen LogP contribution in [0.4, 0.5) is 0 Å². The molecule has 4 heteroatoms. The second kappa shape index (κ2) is 5.64. The molecule has 0 spiro atoms. The van der Waals surface area contributed by atoms with Crippen molar-refractivity contribution in [3.8, 4) is 5.69 Å². The molecule has 0 N–H and O–H groups in total. The van der Waals surface area contributed by atoms with Crippen molar-refractivity contribution in [2.45, 2.75) is 45.4 Å². The molecule has 1 aliphatic carbocycles. The lowest BCUT2D eigenvalue weighted by Gasteiger charge is -2.08. The minimum Gasteiger partial charge on any atom is -0.298 e. The van der Waals surface area contributed by atoms with Gasteiger partial charge in [-0.15, -0.1) is 0 Å². The highest BCUT2D eigenvalue weighted by Crippen LogP contribution is 2.37. The van der Waals surface area contributed by atoms with Gasteiger partial charge in [-0.25, -0.2) is 4.68 Å². The van der Waals surface area contributed by atoms with Crippen molar-refractivity contribution in [3.63, 3.8) is 0 Å². The van der Waals surface area contributed by atoms with E-state index in [9.17, 15) is 4.79 Å².